The monoisotopic (exact) mass is 840 g/mol. The van der Waals surface area contributed by atoms with Crippen molar-refractivity contribution >= 4 is 32.5 Å². The van der Waals surface area contributed by atoms with E-state index in [0.29, 0.717) is 28.3 Å². The van der Waals surface area contributed by atoms with Crippen molar-refractivity contribution in [2.24, 2.45) is 17.8 Å². The van der Waals surface area contributed by atoms with Crippen LogP contribution >= 0.6 is 27.5 Å². The molecule has 1 saturated heterocycles. The molecule has 5 aromatic rings. The molecule has 1 saturated carbocycles. The summed E-state index contributed by atoms with van der Waals surface area (Å²) < 4.78 is 96.2. The van der Waals surface area contributed by atoms with E-state index in [1.54, 1.807) is 16.2 Å². The highest BCUT2D eigenvalue weighted by molar-refractivity contribution is 9.10. The minimum Gasteiger partial charge on any atom is -0.424 e. The Labute approximate surface area is 320 Å². The van der Waals surface area contributed by atoms with E-state index in [1.807, 2.05) is 34.6 Å². The van der Waals surface area contributed by atoms with Gasteiger partial charge in [0.1, 0.15) is 16.5 Å². The van der Waals surface area contributed by atoms with Crippen molar-refractivity contribution in [2.75, 3.05) is 18.0 Å². The van der Waals surface area contributed by atoms with E-state index in [-0.39, 0.29) is 35.6 Å². The first-order chi connectivity index (χ1) is 25.4. The molecule has 1 unspecified atom stereocenters. The van der Waals surface area contributed by atoms with Crippen LogP contribution in [-0.4, -0.2) is 47.0 Å². The zero-order valence-corrected chi connectivity index (χ0v) is 32.5. The van der Waals surface area contributed by atoms with Crippen LogP contribution in [0.15, 0.2) is 59.3 Å². The molecule has 2 fully saturated rings. The molecule has 0 spiro atoms. The number of anilines is 1. The van der Waals surface area contributed by atoms with E-state index < -0.39 is 23.5 Å². The topological polar surface area (TPSA) is 96.0 Å². The standard InChI is InChI=1S/C24H28F3N5OS.C12H11BrF3N3O/c1-14(2)32-23(33-19-6-4-5-18(10-19)24(25,26)27)28-21(29-32)11-20-16-7-8-17(20)13-31(12-16)22-9-15(3)30-34-22;1-7(2)19-11(17-10(13)18-19)20-9-5-3-4-8(6-9)12(14,15)16/h4-6,9-10,14,16-17,20H,7-8,11-13H2,1-3H3;3-7H,1-2H3/t16-,17+,20?;. The summed E-state index contributed by atoms with van der Waals surface area (Å²) in [7, 11) is 0. The second kappa shape index (κ2) is 15.9. The Morgan fingerprint density at radius 3 is 1.78 bits per heavy atom. The summed E-state index contributed by atoms with van der Waals surface area (Å²) in [5.41, 5.74) is -0.462. The van der Waals surface area contributed by atoms with Crippen molar-refractivity contribution in [2.45, 2.75) is 78.3 Å². The number of hydrogen-bond donors (Lipinski definition) is 0. The number of benzene rings is 2. The third-order valence-corrected chi connectivity index (χ3v) is 10.6. The van der Waals surface area contributed by atoms with E-state index in [4.69, 9.17) is 9.47 Å². The van der Waals surface area contributed by atoms with Crippen LogP contribution < -0.4 is 14.4 Å². The molecule has 3 aromatic heterocycles. The predicted octanol–water partition coefficient (Wildman–Crippen LogP) is 10.6. The highest BCUT2D eigenvalue weighted by Gasteiger charge is 2.43. The molecule has 290 valence electrons. The van der Waals surface area contributed by atoms with Gasteiger partial charge in [0.2, 0.25) is 4.73 Å². The van der Waals surface area contributed by atoms with Gasteiger partial charge in [-0.3, -0.25) is 0 Å². The third-order valence-electron chi connectivity index (χ3n) is 9.31. The molecule has 2 aromatic carbocycles. The van der Waals surface area contributed by atoms with E-state index in [9.17, 15) is 26.3 Å². The van der Waals surface area contributed by atoms with Crippen molar-refractivity contribution in [3.63, 3.8) is 0 Å². The Bertz CT molecular complexity index is 2030. The molecule has 2 aliphatic rings. The number of alkyl halides is 6. The lowest BCUT2D eigenvalue weighted by molar-refractivity contribution is -0.138. The Hall–Kier alpha value is -4.19. The lowest BCUT2D eigenvalue weighted by Crippen LogP contribution is -2.42. The molecular weight excluding hydrogens is 802 g/mol. The van der Waals surface area contributed by atoms with Gasteiger partial charge in [0.15, 0.2) is 5.82 Å². The molecule has 3 atom stereocenters. The molecule has 0 N–H and O–H groups in total. The van der Waals surface area contributed by atoms with Crippen molar-refractivity contribution in [1.29, 1.82) is 0 Å². The molecule has 1 aliphatic carbocycles. The summed E-state index contributed by atoms with van der Waals surface area (Å²) >= 11 is 4.67. The van der Waals surface area contributed by atoms with Crippen LogP contribution in [0.4, 0.5) is 31.3 Å². The van der Waals surface area contributed by atoms with E-state index in [2.05, 4.69) is 51.4 Å². The van der Waals surface area contributed by atoms with Crippen LogP contribution in [0.3, 0.4) is 0 Å². The first-order valence-electron chi connectivity index (χ1n) is 17.4. The van der Waals surface area contributed by atoms with Crippen LogP contribution in [0.2, 0.25) is 0 Å². The number of halogens is 7. The lowest BCUT2D eigenvalue weighted by Gasteiger charge is -2.38. The third kappa shape index (κ3) is 9.36. The Balaban J connectivity index is 0.000000212. The quantitative estimate of drug-likeness (QED) is 0.135. The van der Waals surface area contributed by atoms with E-state index in [1.165, 1.54) is 46.8 Å². The van der Waals surface area contributed by atoms with Gasteiger partial charge in [0, 0.05) is 19.5 Å². The highest BCUT2D eigenvalue weighted by atomic mass is 79.9. The normalized spacial score (nSPS) is 18.6. The Kier molecular flexibility index (Phi) is 11.6. The number of fused-ring (bicyclic) bond motifs is 2. The highest BCUT2D eigenvalue weighted by Crippen LogP contribution is 2.45. The van der Waals surface area contributed by atoms with Crippen molar-refractivity contribution in [1.82, 2.24) is 33.9 Å². The smallest absolute Gasteiger partial charge is 0.416 e. The summed E-state index contributed by atoms with van der Waals surface area (Å²) in [6.45, 7) is 11.7. The van der Waals surface area contributed by atoms with Gasteiger partial charge < -0.3 is 14.4 Å². The maximum Gasteiger partial charge on any atom is 0.416 e. The molecule has 54 heavy (non-hydrogen) atoms. The summed E-state index contributed by atoms with van der Waals surface area (Å²) in [6.07, 6.45) is -5.69. The number of rotatable bonds is 9. The fourth-order valence-electron chi connectivity index (χ4n) is 6.77. The molecule has 0 radical (unpaired) electrons. The molecule has 2 bridgehead atoms. The summed E-state index contributed by atoms with van der Waals surface area (Å²) in [5, 5.41) is 9.98. The van der Waals surface area contributed by atoms with Crippen LogP contribution in [-0.2, 0) is 18.8 Å². The van der Waals surface area contributed by atoms with Gasteiger partial charge in [-0.1, -0.05) is 12.1 Å². The molecule has 18 heteroatoms. The van der Waals surface area contributed by atoms with Gasteiger partial charge in [-0.2, -0.15) is 45.8 Å². The van der Waals surface area contributed by atoms with Gasteiger partial charge in [0.05, 0.1) is 28.9 Å². The number of piperidine rings is 1. The Morgan fingerprint density at radius 1 is 0.778 bits per heavy atom. The van der Waals surface area contributed by atoms with Gasteiger partial charge in [-0.15, -0.1) is 5.10 Å². The first-order valence-corrected chi connectivity index (χ1v) is 19.0. The molecule has 4 heterocycles. The summed E-state index contributed by atoms with van der Waals surface area (Å²) in [6, 6.07) is 11.9. The van der Waals surface area contributed by atoms with Gasteiger partial charge in [0.25, 0.3) is 0 Å². The first kappa shape index (κ1) is 39.5. The van der Waals surface area contributed by atoms with E-state index in [0.717, 1.165) is 49.5 Å². The zero-order valence-electron chi connectivity index (χ0n) is 30.1. The molecule has 1 aliphatic heterocycles. The fraction of sp³-hybridized carbons (Fsp3) is 0.472. The van der Waals surface area contributed by atoms with Crippen molar-refractivity contribution in [3.05, 3.63) is 82.0 Å². The van der Waals surface area contributed by atoms with Crippen molar-refractivity contribution in [3.8, 4) is 23.5 Å². The maximum atomic E-state index is 13.1. The average Bonchev–Trinajstić information content (AvgIpc) is 3.86. The molecular formula is C36H39BrF6N8O2S. The maximum absolute atomic E-state index is 13.1. The summed E-state index contributed by atoms with van der Waals surface area (Å²) in [5.74, 6) is 2.49. The number of aromatic nitrogens is 7. The number of ether oxygens (including phenoxy) is 2. The molecule has 10 nitrogen and oxygen atoms in total. The second-order valence-electron chi connectivity index (χ2n) is 14.0. The Morgan fingerprint density at radius 2 is 1.30 bits per heavy atom. The van der Waals surface area contributed by atoms with Gasteiger partial charge in [-0.05, 0) is 135 Å². The van der Waals surface area contributed by atoms with Gasteiger partial charge in [-0.25, -0.2) is 9.36 Å². The van der Waals surface area contributed by atoms with Gasteiger partial charge >= 0.3 is 24.4 Å². The van der Waals surface area contributed by atoms with Crippen LogP contribution in [0.25, 0.3) is 0 Å². The minimum absolute atomic E-state index is 0.0322. The second-order valence-corrected chi connectivity index (χ2v) is 15.5. The largest absolute Gasteiger partial charge is 0.424 e. The molecule has 0 amide bonds. The SMILES string of the molecule is CC(C)n1nc(Br)nc1Oc1cccc(C(F)(F)F)c1.Cc1cc(N2C[C@H]3CC[C@@H](C2)C3Cc2nc(Oc3cccc(C(F)(F)F)c3)n(C(C)C)n2)sn1. The van der Waals surface area contributed by atoms with Crippen LogP contribution in [0, 0.1) is 24.7 Å². The lowest BCUT2D eigenvalue weighted by atomic mass is 9.82. The van der Waals surface area contributed by atoms with Crippen LogP contribution in [0.1, 0.15) is 75.3 Å². The average molecular weight is 842 g/mol. The number of hydrogen-bond acceptors (Lipinski definition) is 9. The fourth-order valence-corrected chi connectivity index (χ4v) is 7.88. The van der Waals surface area contributed by atoms with Crippen molar-refractivity contribution < 1.29 is 35.8 Å². The van der Waals surface area contributed by atoms with Crippen LogP contribution in [0.5, 0.6) is 23.5 Å². The number of aryl methyl sites for hydroxylation is 1. The summed E-state index contributed by atoms with van der Waals surface area (Å²) in [4.78, 5) is 11.1. The predicted molar refractivity (Wildman–Crippen MR) is 194 cm³/mol. The number of nitrogens with zero attached hydrogens (tertiary/aromatic N) is 8. The zero-order chi connectivity index (χ0) is 38.9. The minimum atomic E-state index is -4.43. The molecule has 7 rings (SSSR count). The van der Waals surface area contributed by atoms with E-state index >= 15 is 0 Å².